The van der Waals surface area contributed by atoms with Crippen LogP contribution in [0.4, 0.5) is 10.1 Å². The molecule has 1 N–H and O–H groups in total. The van der Waals surface area contributed by atoms with Crippen molar-refractivity contribution in [3.8, 4) is 0 Å². The predicted octanol–water partition coefficient (Wildman–Crippen LogP) is 3.36. The van der Waals surface area contributed by atoms with Crippen LogP contribution in [0.1, 0.15) is 30.5 Å². The fourth-order valence-corrected chi connectivity index (χ4v) is 3.06. The minimum absolute atomic E-state index is 0.0980. The zero-order valence-electron chi connectivity index (χ0n) is 14.3. The number of carbonyl (C=O) groups excluding carboxylic acids is 2. The van der Waals surface area contributed by atoms with E-state index in [2.05, 4.69) is 5.32 Å². The van der Waals surface area contributed by atoms with Gasteiger partial charge < -0.3 is 10.2 Å². The zero-order valence-corrected chi connectivity index (χ0v) is 14.3. The van der Waals surface area contributed by atoms with Crippen LogP contribution in [0, 0.1) is 18.7 Å². The summed E-state index contributed by atoms with van der Waals surface area (Å²) in [4.78, 5) is 26.1. The SMILES string of the molecule is Cc1ccc(C(C)NC(=O)C2CC(=O)N(c3ccccc3F)C2)cc1. The van der Waals surface area contributed by atoms with E-state index in [9.17, 15) is 14.0 Å². The predicted molar refractivity (Wildman–Crippen MR) is 94.6 cm³/mol. The van der Waals surface area contributed by atoms with Crippen LogP contribution in [0.2, 0.25) is 0 Å². The highest BCUT2D eigenvalue weighted by Crippen LogP contribution is 2.27. The summed E-state index contributed by atoms with van der Waals surface area (Å²) in [5.41, 5.74) is 2.40. The van der Waals surface area contributed by atoms with Crippen molar-refractivity contribution in [3.63, 3.8) is 0 Å². The number of hydrogen-bond donors (Lipinski definition) is 1. The lowest BCUT2D eigenvalue weighted by molar-refractivity contribution is -0.126. The van der Waals surface area contributed by atoms with E-state index in [-0.39, 0.29) is 36.5 Å². The minimum atomic E-state index is -0.472. The van der Waals surface area contributed by atoms with Crippen molar-refractivity contribution in [2.24, 2.45) is 5.92 Å². The molecule has 0 saturated carbocycles. The summed E-state index contributed by atoms with van der Waals surface area (Å²) >= 11 is 0. The molecule has 3 rings (SSSR count). The summed E-state index contributed by atoms with van der Waals surface area (Å²) in [6, 6.07) is 13.9. The second-order valence-electron chi connectivity index (χ2n) is 6.50. The number of nitrogens with one attached hydrogen (secondary N) is 1. The van der Waals surface area contributed by atoms with E-state index < -0.39 is 11.7 Å². The van der Waals surface area contributed by atoms with Crippen LogP contribution < -0.4 is 10.2 Å². The molecule has 130 valence electrons. The lowest BCUT2D eigenvalue weighted by Gasteiger charge is -2.19. The average molecular weight is 340 g/mol. The van der Waals surface area contributed by atoms with Gasteiger partial charge in [-0.1, -0.05) is 42.0 Å². The minimum Gasteiger partial charge on any atom is -0.349 e. The van der Waals surface area contributed by atoms with Gasteiger partial charge in [0.15, 0.2) is 0 Å². The maximum absolute atomic E-state index is 13.9. The van der Waals surface area contributed by atoms with Crippen LogP contribution in [0.3, 0.4) is 0 Å². The van der Waals surface area contributed by atoms with Gasteiger partial charge in [-0.2, -0.15) is 0 Å². The molecule has 2 amide bonds. The fourth-order valence-electron chi connectivity index (χ4n) is 3.06. The number of halogens is 1. The van der Waals surface area contributed by atoms with E-state index in [0.29, 0.717) is 0 Å². The van der Waals surface area contributed by atoms with Gasteiger partial charge >= 0.3 is 0 Å². The summed E-state index contributed by atoms with van der Waals surface area (Å²) in [6.45, 7) is 4.12. The van der Waals surface area contributed by atoms with Crippen molar-refractivity contribution in [2.45, 2.75) is 26.3 Å². The summed E-state index contributed by atoms with van der Waals surface area (Å²) in [5, 5.41) is 2.95. The molecular weight excluding hydrogens is 319 g/mol. The lowest BCUT2D eigenvalue weighted by atomic mass is 10.0. The Hall–Kier alpha value is -2.69. The smallest absolute Gasteiger partial charge is 0.227 e. The molecule has 2 unspecified atom stereocenters. The van der Waals surface area contributed by atoms with Gasteiger partial charge in [-0.05, 0) is 31.5 Å². The number of benzene rings is 2. The first kappa shape index (κ1) is 17.1. The number of anilines is 1. The third kappa shape index (κ3) is 3.71. The van der Waals surface area contributed by atoms with Crippen molar-refractivity contribution in [1.29, 1.82) is 0 Å². The van der Waals surface area contributed by atoms with E-state index in [1.807, 2.05) is 38.1 Å². The Labute approximate surface area is 146 Å². The topological polar surface area (TPSA) is 49.4 Å². The molecule has 25 heavy (non-hydrogen) atoms. The Kier molecular flexibility index (Phi) is 4.83. The first-order valence-corrected chi connectivity index (χ1v) is 8.37. The van der Waals surface area contributed by atoms with E-state index in [4.69, 9.17) is 0 Å². The first-order valence-electron chi connectivity index (χ1n) is 8.37. The van der Waals surface area contributed by atoms with Gasteiger partial charge in [0.05, 0.1) is 17.6 Å². The van der Waals surface area contributed by atoms with Crippen LogP contribution in [-0.2, 0) is 9.59 Å². The van der Waals surface area contributed by atoms with Crippen LogP contribution >= 0.6 is 0 Å². The standard InChI is InChI=1S/C20H21FN2O2/c1-13-7-9-15(10-8-13)14(2)22-20(25)16-11-19(24)23(12-16)18-6-4-3-5-17(18)21/h3-10,14,16H,11-12H2,1-2H3,(H,22,25). The molecule has 0 spiro atoms. The summed E-state index contributed by atoms with van der Waals surface area (Å²) < 4.78 is 13.9. The number of hydrogen-bond acceptors (Lipinski definition) is 2. The highest BCUT2D eigenvalue weighted by atomic mass is 19.1. The van der Waals surface area contributed by atoms with Crippen molar-refractivity contribution in [1.82, 2.24) is 5.32 Å². The summed E-state index contributed by atoms with van der Waals surface area (Å²) in [6.07, 6.45) is 0.0980. The average Bonchev–Trinajstić information content (AvgIpc) is 2.97. The molecule has 0 radical (unpaired) electrons. The molecule has 4 nitrogen and oxygen atoms in total. The quantitative estimate of drug-likeness (QED) is 0.928. The molecule has 1 aliphatic rings. The molecule has 2 atom stereocenters. The van der Waals surface area contributed by atoms with Gasteiger partial charge in [0.25, 0.3) is 0 Å². The Morgan fingerprint density at radius 1 is 1.20 bits per heavy atom. The monoisotopic (exact) mass is 340 g/mol. The van der Waals surface area contributed by atoms with Crippen molar-refractivity contribution in [3.05, 3.63) is 65.5 Å². The Morgan fingerprint density at radius 3 is 2.56 bits per heavy atom. The van der Waals surface area contributed by atoms with E-state index in [1.54, 1.807) is 18.2 Å². The third-order valence-corrected chi connectivity index (χ3v) is 4.58. The Morgan fingerprint density at radius 2 is 1.88 bits per heavy atom. The largest absolute Gasteiger partial charge is 0.349 e. The number of carbonyl (C=O) groups is 2. The number of nitrogens with zero attached hydrogens (tertiary/aromatic N) is 1. The van der Waals surface area contributed by atoms with Gasteiger partial charge in [0, 0.05) is 13.0 Å². The molecule has 1 saturated heterocycles. The molecule has 1 heterocycles. The molecule has 0 bridgehead atoms. The number of rotatable bonds is 4. The van der Waals surface area contributed by atoms with E-state index >= 15 is 0 Å². The van der Waals surface area contributed by atoms with Crippen LogP contribution in [0.5, 0.6) is 0 Å². The maximum Gasteiger partial charge on any atom is 0.227 e. The highest BCUT2D eigenvalue weighted by Gasteiger charge is 2.36. The van der Waals surface area contributed by atoms with Gasteiger partial charge in [0.2, 0.25) is 11.8 Å². The molecule has 2 aromatic carbocycles. The third-order valence-electron chi connectivity index (χ3n) is 4.58. The number of aryl methyl sites for hydroxylation is 1. The van der Waals surface area contributed by atoms with Crippen LogP contribution in [-0.4, -0.2) is 18.4 Å². The molecule has 1 fully saturated rings. The van der Waals surface area contributed by atoms with Gasteiger partial charge in [0.1, 0.15) is 5.82 Å². The number of para-hydroxylation sites is 1. The zero-order chi connectivity index (χ0) is 18.0. The lowest BCUT2D eigenvalue weighted by Crippen LogP contribution is -2.34. The molecule has 0 aliphatic carbocycles. The van der Waals surface area contributed by atoms with Crippen molar-refractivity contribution < 1.29 is 14.0 Å². The molecule has 2 aromatic rings. The van der Waals surface area contributed by atoms with Crippen molar-refractivity contribution >= 4 is 17.5 Å². The fraction of sp³-hybridized carbons (Fsp3) is 0.300. The molecule has 1 aliphatic heterocycles. The Bertz CT molecular complexity index is 789. The second-order valence-corrected chi connectivity index (χ2v) is 6.50. The van der Waals surface area contributed by atoms with E-state index in [1.165, 1.54) is 11.0 Å². The summed E-state index contributed by atoms with van der Waals surface area (Å²) in [5.74, 6) is -1.33. The highest BCUT2D eigenvalue weighted by molar-refractivity contribution is 6.00. The van der Waals surface area contributed by atoms with Gasteiger partial charge in [-0.25, -0.2) is 4.39 Å². The van der Waals surface area contributed by atoms with Crippen molar-refractivity contribution in [2.75, 3.05) is 11.4 Å². The maximum atomic E-state index is 13.9. The van der Waals surface area contributed by atoms with Crippen LogP contribution in [0.25, 0.3) is 0 Å². The van der Waals surface area contributed by atoms with Gasteiger partial charge in [-0.15, -0.1) is 0 Å². The molecule has 5 heteroatoms. The number of amides is 2. The molecular formula is C20H21FN2O2. The molecule has 0 aromatic heterocycles. The first-order chi connectivity index (χ1) is 12.0. The van der Waals surface area contributed by atoms with Gasteiger partial charge in [-0.3, -0.25) is 9.59 Å². The second kappa shape index (κ2) is 7.05. The summed E-state index contributed by atoms with van der Waals surface area (Å²) in [7, 11) is 0. The van der Waals surface area contributed by atoms with E-state index in [0.717, 1.165) is 11.1 Å². The van der Waals surface area contributed by atoms with Crippen LogP contribution in [0.15, 0.2) is 48.5 Å². The normalized spacial score (nSPS) is 18.3. The Balaban J connectivity index is 1.66.